The van der Waals surface area contributed by atoms with Gasteiger partial charge in [0.15, 0.2) is 0 Å². The highest BCUT2D eigenvalue weighted by atomic mass is 16.1. The fourth-order valence-corrected chi connectivity index (χ4v) is 3.12. The van der Waals surface area contributed by atoms with Crippen LogP contribution in [-0.4, -0.2) is 17.0 Å². The van der Waals surface area contributed by atoms with Crippen molar-refractivity contribution in [1.29, 1.82) is 0 Å². The summed E-state index contributed by atoms with van der Waals surface area (Å²) in [4.78, 5) is 12.2. The smallest absolute Gasteiger partial charge is 0.267 e. The lowest BCUT2D eigenvalue weighted by molar-refractivity contribution is 0.0942. The molecular formula is C15H23N3O. The van der Waals surface area contributed by atoms with Crippen LogP contribution in [0.15, 0.2) is 12.3 Å². The first kappa shape index (κ1) is 12.6. The lowest BCUT2D eigenvalue weighted by atomic mass is 10.0. The highest BCUT2D eigenvalue weighted by molar-refractivity contribution is 5.93. The molecule has 4 nitrogen and oxygen atoms in total. The van der Waals surface area contributed by atoms with Crippen LogP contribution < -0.4 is 11.1 Å². The van der Waals surface area contributed by atoms with Crippen molar-refractivity contribution in [2.24, 2.45) is 5.92 Å². The summed E-state index contributed by atoms with van der Waals surface area (Å²) in [6, 6.07) is 2.29. The average molecular weight is 261 g/mol. The van der Waals surface area contributed by atoms with Gasteiger partial charge in [-0.05, 0) is 31.2 Å². The van der Waals surface area contributed by atoms with E-state index in [1.165, 1.54) is 25.7 Å². The Labute approximate surface area is 114 Å². The van der Waals surface area contributed by atoms with E-state index < -0.39 is 0 Å². The number of anilines is 1. The van der Waals surface area contributed by atoms with Crippen molar-refractivity contribution in [2.45, 2.75) is 51.0 Å². The van der Waals surface area contributed by atoms with Gasteiger partial charge in [-0.25, -0.2) is 0 Å². The molecule has 0 aromatic carbocycles. The molecule has 104 valence electrons. The van der Waals surface area contributed by atoms with Crippen molar-refractivity contribution in [3.05, 3.63) is 18.0 Å². The molecule has 2 aliphatic rings. The lowest BCUT2D eigenvalue weighted by Crippen LogP contribution is -2.27. The van der Waals surface area contributed by atoms with Gasteiger partial charge in [-0.15, -0.1) is 0 Å². The molecule has 3 rings (SSSR count). The van der Waals surface area contributed by atoms with Gasteiger partial charge in [0.25, 0.3) is 5.91 Å². The number of aromatic nitrogens is 1. The number of amides is 1. The van der Waals surface area contributed by atoms with Gasteiger partial charge in [-0.2, -0.15) is 0 Å². The third-order valence-electron chi connectivity index (χ3n) is 4.36. The average Bonchev–Trinajstić information content (AvgIpc) is 2.96. The van der Waals surface area contributed by atoms with Crippen LogP contribution in [0.2, 0.25) is 0 Å². The molecule has 1 aromatic heterocycles. The molecule has 3 N–H and O–H groups in total. The molecule has 0 radical (unpaired) electrons. The summed E-state index contributed by atoms with van der Waals surface area (Å²) in [5, 5.41) is 3.05. The molecule has 1 heterocycles. The van der Waals surface area contributed by atoms with Crippen molar-refractivity contribution >= 4 is 11.6 Å². The van der Waals surface area contributed by atoms with Crippen molar-refractivity contribution in [1.82, 2.24) is 9.88 Å². The number of hydrogen-bond donors (Lipinski definition) is 2. The Balaban J connectivity index is 1.54. The van der Waals surface area contributed by atoms with E-state index in [0.29, 0.717) is 11.7 Å². The molecule has 0 spiro atoms. The molecule has 0 atom stereocenters. The number of nitrogen functional groups attached to an aromatic ring is 1. The Kier molecular flexibility index (Phi) is 3.49. The van der Waals surface area contributed by atoms with Crippen molar-refractivity contribution in [2.75, 3.05) is 12.3 Å². The number of nitrogens with zero attached hydrogens (tertiary/aromatic N) is 1. The minimum Gasteiger partial charge on any atom is -0.397 e. The first-order valence-electron chi connectivity index (χ1n) is 7.49. The Morgan fingerprint density at radius 1 is 1.32 bits per heavy atom. The van der Waals surface area contributed by atoms with E-state index in [-0.39, 0.29) is 5.91 Å². The predicted molar refractivity (Wildman–Crippen MR) is 76.0 cm³/mol. The van der Waals surface area contributed by atoms with Gasteiger partial charge in [0.05, 0.1) is 5.69 Å². The molecule has 4 heteroatoms. The number of nitrogens with one attached hydrogen (secondary N) is 1. The highest BCUT2D eigenvalue weighted by Gasteiger charge is 2.27. The highest BCUT2D eigenvalue weighted by Crippen LogP contribution is 2.37. The predicted octanol–water partition coefficient (Wildman–Crippen LogP) is 2.72. The SMILES string of the molecule is Nc1cc(C(=O)NCCC2CCCC2)n(C2CC2)c1. The van der Waals surface area contributed by atoms with Crippen LogP contribution in [0.3, 0.4) is 0 Å². The zero-order valence-corrected chi connectivity index (χ0v) is 11.4. The third kappa shape index (κ3) is 2.94. The molecule has 19 heavy (non-hydrogen) atoms. The summed E-state index contributed by atoms with van der Waals surface area (Å²) >= 11 is 0. The van der Waals surface area contributed by atoms with Crippen LogP contribution in [-0.2, 0) is 0 Å². The summed E-state index contributed by atoms with van der Waals surface area (Å²) in [7, 11) is 0. The lowest BCUT2D eigenvalue weighted by Gasteiger charge is -2.11. The normalized spacial score (nSPS) is 19.8. The first-order valence-corrected chi connectivity index (χ1v) is 7.49. The molecule has 0 aliphatic heterocycles. The topological polar surface area (TPSA) is 60.1 Å². The Morgan fingerprint density at radius 3 is 2.74 bits per heavy atom. The van der Waals surface area contributed by atoms with E-state index in [9.17, 15) is 4.79 Å². The minimum absolute atomic E-state index is 0.0293. The zero-order valence-electron chi connectivity index (χ0n) is 11.4. The van der Waals surface area contributed by atoms with E-state index in [1.54, 1.807) is 6.07 Å². The van der Waals surface area contributed by atoms with E-state index in [0.717, 1.165) is 37.4 Å². The maximum Gasteiger partial charge on any atom is 0.267 e. The Bertz CT molecular complexity index is 456. The summed E-state index contributed by atoms with van der Waals surface area (Å²) in [6.45, 7) is 0.791. The molecule has 2 saturated carbocycles. The van der Waals surface area contributed by atoms with Crippen molar-refractivity contribution < 1.29 is 4.79 Å². The van der Waals surface area contributed by atoms with Crippen LogP contribution in [0, 0.1) is 5.92 Å². The van der Waals surface area contributed by atoms with Gasteiger partial charge in [0.1, 0.15) is 5.69 Å². The fourth-order valence-electron chi connectivity index (χ4n) is 3.12. The molecule has 0 unspecified atom stereocenters. The minimum atomic E-state index is 0.0293. The number of nitrogens with two attached hydrogens (primary N) is 1. The van der Waals surface area contributed by atoms with Crippen LogP contribution >= 0.6 is 0 Å². The zero-order chi connectivity index (χ0) is 13.2. The van der Waals surface area contributed by atoms with Gasteiger partial charge in [-0.1, -0.05) is 25.7 Å². The largest absolute Gasteiger partial charge is 0.397 e. The third-order valence-corrected chi connectivity index (χ3v) is 4.36. The number of carbonyl (C=O) groups is 1. The second-order valence-corrected chi connectivity index (χ2v) is 5.99. The monoisotopic (exact) mass is 261 g/mol. The molecule has 1 amide bonds. The quantitative estimate of drug-likeness (QED) is 0.856. The van der Waals surface area contributed by atoms with Gasteiger partial charge in [0, 0.05) is 18.8 Å². The van der Waals surface area contributed by atoms with E-state index >= 15 is 0 Å². The summed E-state index contributed by atoms with van der Waals surface area (Å²) in [5.41, 5.74) is 7.23. The van der Waals surface area contributed by atoms with Crippen LogP contribution in [0.25, 0.3) is 0 Å². The Morgan fingerprint density at radius 2 is 2.05 bits per heavy atom. The molecule has 2 aliphatic carbocycles. The second-order valence-electron chi connectivity index (χ2n) is 5.99. The molecular weight excluding hydrogens is 238 g/mol. The molecule has 2 fully saturated rings. The maximum atomic E-state index is 12.2. The molecule has 0 bridgehead atoms. The second kappa shape index (κ2) is 5.27. The van der Waals surface area contributed by atoms with Crippen molar-refractivity contribution in [3.8, 4) is 0 Å². The van der Waals surface area contributed by atoms with Crippen LogP contribution in [0.5, 0.6) is 0 Å². The first-order chi connectivity index (χ1) is 9.24. The van der Waals surface area contributed by atoms with E-state index in [1.807, 2.05) is 10.8 Å². The standard InChI is InChI=1S/C15H23N3O/c16-12-9-14(18(10-12)13-5-6-13)15(19)17-8-7-11-3-1-2-4-11/h9-11,13H,1-8,16H2,(H,17,19). The Hall–Kier alpha value is -1.45. The van der Waals surface area contributed by atoms with E-state index in [2.05, 4.69) is 5.32 Å². The van der Waals surface area contributed by atoms with Gasteiger partial charge >= 0.3 is 0 Å². The molecule has 0 saturated heterocycles. The maximum absolute atomic E-state index is 12.2. The number of carbonyl (C=O) groups excluding carboxylic acids is 1. The van der Waals surface area contributed by atoms with Gasteiger partial charge in [0.2, 0.25) is 0 Å². The summed E-state index contributed by atoms with van der Waals surface area (Å²) < 4.78 is 2.04. The number of rotatable bonds is 5. The fraction of sp³-hybridized carbons (Fsp3) is 0.667. The molecule has 1 aromatic rings. The summed E-state index contributed by atoms with van der Waals surface area (Å²) in [5.74, 6) is 0.849. The van der Waals surface area contributed by atoms with Gasteiger partial charge < -0.3 is 15.6 Å². The van der Waals surface area contributed by atoms with Crippen LogP contribution in [0.1, 0.15) is 61.5 Å². The van der Waals surface area contributed by atoms with E-state index in [4.69, 9.17) is 5.73 Å². The van der Waals surface area contributed by atoms with Crippen LogP contribution in [0.4, 0.5) is 5.69 Å². The number of hydrogen-bond acceptors (Lipinski definition) is 2. The van der Waals surface area contributed by atoms with Gasteiger partial charge in [-0.3, -0.25) is 4.79 Å². The van der Waals surface area contributed by atoms with Crippen molar-refractivity contribution in [3.63, 3.8) is 0 Å². The summed E-state index contributed by atoms with van der Waals surface area (Å²) in [6.07, 6.45) is 10.7.